The Balaban J connectivity index is 1.89. The Morgan fingerprint density at radius 3 is 2.53 bits per heavy atom. The van der Waals surface area contributed by atoms with Crippen LogP contribution in [0.25, 0.3) is 0 Å². The molecule has 0 aliphatic carbocycles. The van der Waals surface area contributed by atoms with Gasteiger partial charge in [-0.15, -0.1) is 23.4 Å². The molecular formula is C16H16ClFS. The number of alkyl halides is 1. The normalized spacial score (nSPS) is 12.3. The highest BCUT2D eigenvalue weighted by Gasteiger charge is 2.11. The minimum atomic E-state index is -0.191. The molecule has 0 spiro atoms. The van der Waals surface area contributed by atoms with Gasteiger partial charge in [0.2, 0.25) is 0 Å². The first kappa shape index (κ1) is 14.4. The monoisotopic (exact) mass is 294 g/mol. The summed E-state index contributed by atoms with van der Waals surface area (Å²) in [6.45, 7) is 0. The molecule has 2 aromatic carbocycles. The molecule has 0 saturated heterocycles. The third-order valence-electron chi connectivity index (χ3n) is 2.98. The van der Waals surface area contributed by atoms with Gasteiger partial charge in [-0.25, -0.2) is 4.39 Å². The largest absolute Gasteiger partial charge is 0.207 e. The molecule has 0 aliphatic rings. The Hall–Kier alpha value is -0.990. The molecule has 2 rings (SSSR count). The van der Waals surface area contributed by atoms with Gasteiger partial charge in [-0.3, -0.25) is 0 Å². The predicted molar refractivity (Wildman–Crippen MR) is 81.6 cm³/mol. The van der Waals surface area contributed by atoms with Crippen LogP contribution in [-0.4, -0.2) is 11.6 Å². The van der Waals surface area contributed by atoms with Crippen molar-refractivity contribution in [2.24, 2.45) is 0 Å². The quantitative estimate of drug-likeness (QED) is 0.512. The van der Waals surface area contributed by atoms with Gasteiger partial charge in [0.25, 0.3) is 0 Å². The summed E-state index contributed by atoms with van der Waals surface area (Å²) in [6, 6.07) is 17.0. The van der Waals surface area contributed by atoms with Crippen LogP contribution in [0.15, 0.2) is 59.5 Å². The van der Waals surface area contributed by atoms with E-state index >= 15 is 0 Å². The van der Waals surface area contributed by atoms with E-state index in [0.717, 1.165) is 17.7 Å². The smallest absolute Gasteiger partial charge is 0.123 e. The van der Waals surface area contributed by atoms with Gasteiger partial charge in [0.15, 0.2) is 0 Å². The SMILES string of the molecule is Fc1cccc(C(CCl)CCSc2ccccc2)c1. The van der Waals surface area contributed by atoms with Gasteiger partial charge >= 0.3 is 0 Å². The van der Waals surface area contributed by atoms with Crippen LogP contribution in [-0.2, 0) is 0 Å². The fraction of sp³-hybridized carbons (Fsp3) is 0.250. The molecule has 0 heterocycles. The van der Waals surface area contributed by atoms with E-state index in [4.69, 9.17) is 11.6 Å². The maximum Gasteiger partial charge on any atom is 0.123 e. The second kappa shape index (κ2) is 7.56. The molecule has 0 saturated carbocycles. The van der Waals surface area contributed by atoms with E-state index in [1.54, 1.807) is 12.1 Å². The number of hydrogen-bond acceptors (Lipinski definition) is 1. The molecule has 100 valence electrons. The van der Waals surface area contributed by atoms with E-state index in [1.165, 1.54) is 11.0 Å². The first-order valence-corrected chi connectivity index (χ1v) is 7.81. The molecule has 0 fully saturated rings. The minimum absolute atomic E-state index is 0.191. The van der Waals surface area contributed by atoms with Crippen molar-refractivity contribution in [2.75, 3.05) is 11.6 Å². The van der Waals surface area contributed by atoms with Crippen LogP contribution in [0, 0.1) is 5.82 Å². The zero-order valence-electron chi connectivity index (χ0n) is 10.6. The minimum Gasteiger partial charge on any atom is -0.207 e. The van der Waals surface area contributed by atoms with E-state index in [9.17, 15) is 4.39 Å². The number of thioether (sulfide) groups is 1. The molecule has 0 N–H and O–H groups in total. The molecule has 1 atom stereocenters. The van der Waals surface area contributed by atoms with Crippen LogP contribution < -0.4 is 0 Å². The maximum absolute atomic E-state index is 13.2. The third kappa shape index (κ3) is 4.55. The number of halogens is 2. The summed E-state index contributed by atoms with van der Waals surface area (Å²) in [5.74, 6) is 1.54. The van der Waals surface area contributed by atoms with Crippen LogP contribution in [0.5, 0.6) is 0 Å². The number of benzene rings is 2. The molecule has 19 heavy (non-hydrogen) atoms. The molecule has 1 unspecified atom stereocenters. The lowest BCUT2D eigenvalue weighted by Crippen LogP contribution is -2.02. The zero-order chi connectivity index (χ0) is 13.5. The first-order valence-electron chi connectivity index (χ1n) is 6.29. The summed E-state index contributed by atoms with van der Waals surface area (Å²) >= 11 is 7.82. The van der Waals surface area contributed by atoms with Gasteiger partial charge in [0.05, 0.1) is 0 Å². The first-order chi connectivity index (χ1) is 9.29. The van der Waals surface area contributed by atoms with Crippen molar-refractivity contribution >= 4 is 23.4 Å². The van der Waals surface area contributed by atoms with Crippen molar-refractivity contribution in [3.05, 3.63) is 66.0 Å². The number of rotatable bonds is 6. The summed E-state index contributed by atoms with van der Waals surface area (Å²) in [5.41, 5.74) is 0.990. The highest BCUT2D eigenvalue weighted by atomic mass is 35.5. The van der Waals surface area contributed by atoms with Crippen molar-refractivity contribution in [1.29, 1.82) is 0 Å². The van der Waals surface area contributed by atoms with Gasteiger partial charge < -0.3 is 0 Å². The predicted octanol–water partition coefficient (Wildman–Crippen LogP) is 5.33. The average molecular weight is 295 g/mol. The van der Waals surface area contributed by atoms with E-state index in [-0.39, 0.29) is 11.7 Å². The Morgan fingerprint density at radius 1 is 1.05 bits per heavy atom. The molecule has 2 aromatic rings. The Bertz CT molecular complexity index is 501. The second-order valence-electron chi connectivity index (χ2n) is 4.36. The van der Waals surface area contributed by atoms with Gasteiger partial charge in [-0.2, -0.15) is 0 Å². The van der Waals surface area contributed by atoms with Crippen LogP contribution >= 0.6 is 23.4 Å². The second-order valence-corrected chi connectivity index (χ2v) is 5.83. The molecule has 0 amide bonds. The molecule has 0 aliphatic heterocycles. The van der Waals surface area contributed by atoms with Gasteiger partial charge in [0, 0.05) is 10.8 Å². The lowest BCUT2D eigenvalue weighted by atomic mass is 9.98. The van der Waals surface area contributed by atoms with Crippen LogP contribution in [0.3, 0.4) is 0 Å². The topological polar surface area (TPSA) is 0 Å². The van der Waals surface area contributed by atoms with E-state index in [1.807, 2.05) is 36.0 Å². The summed E-state index contributed by atoms with van der Waals surface area (Å²) < 4.78 is 13.2. The van der Waals surface area contributed by atoms with Gasteiger partial charge in [-0.05, 0) is 47.9 Å². The van der Waals surface area contributed by atoms with Gasteiger partial charge in [0.1, 0.15) is 5.82 Å². The van der Waals surface area contributed by atoms with Crippen molar-refractivity contribution in [2.45, 2.75) is 17.2 Å². The Morgan fingerprint density at radius 2 is 1.84 bits per heavy atom. The van der Waals surface area contributed by atoms with E-state index in [2.05, 4.69) is 12.1 Å². The standard InChI is InChI=1S/C16H16ClFS/c17-12-14(13-5-4-6-15(18)11-13)9-10-19-16-7-2-1-3-8-16/h1-8,11,14H,9-10,12H2. The number of hydrogen-bond donors (Lipinski definition) is 0. The lowest BCUT2D eigenvalue weighted by Gasteiger charge is -2.14. The van der Waals surface area contributed by atoms with Crippen LogP contribution in [0.1, 0.15) is 17.9 Å². The molecule has 0 bridgehead atoms. The highest BCUT2D eigenvalue weighted by Crippen LogP contribution is 2.26. The fourth-order valence-electron chi connectivity index (χ4n) is 1.93. The fourth-order valence-corrected chi connectivity index (χ4v) is 3.25. The Labute approximate surface area is 123 Å². The maximum atomic E-state index is 13.2. The molecule has 0 aromatic heterocycles. The summed E-state index contributed by atoms with van der Waals surface area (Å²) in [6.07, 6.45) is 0.951. The molecule has 3 heteroatoms. The summed E-state index contributed by atoms with van der Waals surface area (Å²) in [4.78, 5) is 1.26. The van der Waals surface area contributed by atoms with Crippen LogP contribution in [0.4, 0.5) is 4.39 Å². The van der Waals surface area contributed by atoms with Crippen molar-refractivity contribution in [3.8, 4) is 0 Å². The molecule has 0 nitrogen and oxygen atoms in total. The summed E-state index contributed by atoms with van der Waals surface area (Å²) in [7, 11) is 0. The lowest BCUT2D eigenvalue weighted by molar-refractivity contribution is 0.620. The highest BCUT2D eigenvalue weighted by molar-refractivity contribution is 7.99. The summed E-state index contributed by atoms with van der Waals surface area (Å²) in [5, 5.41) is 0. The van der Waals surface area contributed by atoms with Crippen molar-refractivity contribution < 1.29 is 4.39 Å². The van der Waals surface area contributed by atoms with Crippen molar-refractivity contribution in [1.82, 2.24) is 0 Å². The Kier molecular flexibility index (Phi) is 5.74. The molecule has 0 radical (unpaired) electrons. The van der Waals surface area contributed by atoms with E-state index in [0.29, 0.717) is 5.88 Å². The molecular weight excluding hydrogens is 279 g/mol. The van der Waals surface area contributed by atoms with E-state index < -0.39 is 0 Å². The van der Waals surface area contributed by atoms with Crippen molar-refractivity contribution in [3.63, 3.8) is 0 Å². The average Bonchev–Trinajstić information content (AvgIpc) is 2.45. The zero-order valence-corrected chi connectivity index (χ0v) is 12.1. The third-order valence-corrected chi connectivity index (χ3v) is 4.40. The van der Waals surface area contributed by atoms with Crippen LogP contribution in [0.2, 0.25) is 0 Å². The van der Waals surface area contributed by atoms with Gasteiger partial charge in [-0.1, -0.05) is 30.3 Å².